The molecule has 3 rings (SSSR count). The van der Waals surface area contributed by atoms with Gasteiger partial charge in [0.25, 0.3) is 0 Å². The van der Waals surface area contributed by atoms with Gasteiger partial charge < -0.3 is 9.47 Å². The summed E-state index contributed by atoms with van der Waals surface area (Å²) in [5.74, 6) is -2.00. The Labute approximate surface area is 116 Å². The van der Waals surface area contributed by atoms with Crippen molar-refractivity contribution >= 4 is 5.78 Å². The molecule has 0 bridgehead atoms. The molecule has 1 saturated carbocycles. The number of alkyl halides is 2. The number of hydrogen-bond acceptors (Lipinski definition) is 3. The highest BCUT2D eigenvalue weighted by molar-refractivity contribution is 5.84. The smallest absolute Gasteiger partial charge is 0.249 e. The van der Waals surface area contributed by atoms with Gasteiger partial charge >= 0.3 is 0 Å². The zero-order valence-electron chi connectivity index (χ0n) is 11.6. The largest absolute Gasteiger partial charge is 0.454 e. The Morgan fingerprint density at radius 1 is 1.25 bits per heavy atom. The van der Waals surface area contributed by atoms with Crippen molar-refractivity contribution in [2.75, 3.05) is 6.79 Å². The maximum absolute atomic E-state index is 12.7. The van der Waals surface area contributed by atoms with Crippen LogP contribution in [0, 0.1) is 5.92 Å². The maximum atomic E-state index is 12.7. The number of carbonyl (C=O) groups excluding carboxylic acids is 1. The van der Waals surface area contributed by atoms with E-state index in [9.17, 15) is 13.6 Å². The van der Waals surface area contributed by atoms with E-state index in [1.807, 2.05) is 13.8 Å². The van der Waals surface area contributed by atoms with E-state index in [2.05, 4.69) is 0 Å². The molecule has 1 aliphatic heterocycles. The number of fused-ring (bicyclic) bond motifs is 1. The van der Waals surface area contributed by atoms with Gasteiger partial charge in [-0.2, -0.15) is 0 Å². The summed E-state index contributed by atoms with van der Waals surface area (Å²) < 4.78 is 35.7. The van der Waals surface area contributed by atoms with Gasteiger partial charge in [-0.05, 0) is 17.7 Å². The Hall–Kier alpha value is -1.65. The van der Waals surface area contributed by atoms with Gasteiger partial charge in [-0.3, -0.25) is 4.79 Å². The monoisotopic (exact) mass is 284 g/mol. The van der Waals surface area contributed by atoms with E-state index in [0.29, 0.717) is 11.5 Å². The van der Waals surface area contributed by atoms with Gasteiger partial charge in [0.05, 0.1) is 0 Å². The Kier molecular flexibility index (Phi) is 4.26. The van der Waals surface area contributed by atoms with Gasteiger partial charge in [-0.1, -0.05) is 19.9 Å². The maximum Gasteiger partial charge on any atom is 0.249 e. The van der Waals surface area contributed by atoms with Crippen LogP contribution in [0.5, 0.6) is 11.5 Å². The number of carbonyl (C=O) groups is 1. The Morgan fingerprint density at radius 2 is 1.90 bits per heavy atom. The summed E-state index contributed by atoms with van der Waals surface area (Å²) in [7, 11) is 0. The van der Waals surface area contributed by atoms with Gasteiger partial charge in [-0.25, -0.2) is 8.78 Å². The minimum atomic E-state index is -2.64. The molecule has 2 aliphatic rings. The molecule has 3 nitrogen and oxygen atoms in total. The van der Waals surface area contributed by atoms with Crippen LogP contribution in [0.2, 0.25) is 0 Å². The first-order valence-electron chi connectivity index (χ1n) is 6.83. The summed E-state index contributed by atoms with van der Waals surface area (Å²) in [6.45, 7) is 4.18. The quantitative estimate of drug-likeness (QED) is 0.850. The van der Waals surface area contributed by atoms with Crippen molar-refractivity contribution in [3.05, 3.63) is 23.8 Å². The Balaban J connectivity index is 0.000000704. The van der Waals surface area contributed by atoms with Crippen LogP contribution in [0.4, 0.5) is 8.78 Å². The molecule has 1 heterocycles. The fraction of sp³-hybridized carbons (Fsp3) is 0.533. The standard InChI is InChI=1S/C13H12F2O3.C2H6/c14-13(15)5-9(6-13)10(16)3-8-1-2-11-12(4-8)18-7-17-11;1-2/h1-2,4,9H,3,5-7H2;1-2H3. The van der Waals surface area contributed by atoms with Crippen molar-refractivity contribution in [1.82, 2.24) is 0 Å². The lowest BCUT2D eigenvalue weighted by molar-refractivity contribution is -0.147. The highest BCUT2D eigenvalue weighted by atomic mass is 19.3. The molecule has 0 spiro atoms. The molecule has 0 amide bonds. The second kappa shape index (κ2) is 5.77. The van der Waals surface area contributed by atoms with Gasteiger partial charge in [0, 0.05) is 25.2 Å². The molecule has 110 valence electrons. The molecule has 1 aromatic rings. The van der Waals surface area contributed by atoms with Crippen molar-refractivity contribution in [1.29, 1.82) is 0 Å². The molecule has 1 aromatic carbocycles. The molecule has 0 unspecified atom stereocenters. The summed E-state index contributed by atoms with van der Waals surface area (Å²) in [5.41, 5.74) is 0.777. The van der Waals surface area contributed by atoms with Crippen LogP contribution >= 0.6 is 0 Å². The van der Waals surface area contributed by atoms with Crippen LogP contribution in [-0.4, -0.2) is 18.5 Å². The van der Waals surface area contributed by atoms with E-state index in [1.54, 1.807) is 18.2 Å². The highest BCUT2D eigenvalue weighted by Gasteiger charge is 2.48. The van der Waals surface area contributed by atoms with Gasteiger partial charge in [0.15, 0.2) is 11.5 Å². The lowest BCUT2D eigenvalue weighted by atomic mass is 9.77. The molecule has 0 aromatic heterocycles. The first-order valence-corrected chi connectivity index (χ1v) is 6.83. The number of benzene rings is 1. The predicted octanol–water partition coefficient (Wildman–Crippen LogP) is 3.60. The molecule has 0 N–H and O–H groups in total. The molecule has 0 radical (unpaired) electrons. The van der Waals surface area contributed by atoms with Crippen LogP contribution in [0.3, 0.4) is 0 Å². The number of ketones is 1. The summed E-state index contributed by atoms with van der Waals surface area (Å²) >= 11 is 0. The van der Waals surface area contributed by atoms with E-state index in [1.165, 1.54) is 0 Å². The van der Waals surface area contributed by atoms with Crippen LogP contribution in [0.25, 0.3) is 0 Å². The fourth-order valence-corrected chi connectivity index (χ4v) is 2.29. The first-order chi connectivity index (χ1) is 9.53. The molecular formula is C15H18F2O3. The second-order valence-corrected chi connectivity index (χ2v) is 4.79. The summed E-state index contributed by atoms with van der Waals surface area (Å²) in [4.78, 5) is 11.8. The average molecular weight is 284 g/mol. The zero-order chi connectivity index (χ0) is 14.8. The zero-order valence-corrected chi connectivity index (χ0v) is 11.6. The molecule has 5 heteroatoms. The third kappa shape index (κ3) is 3.08. The summed E-state index contributed by atoms with van der Waals surface area (Å²) in [6, 6.07) is 5.24. The highest BCUT2D eigenvalue weighted by Crippen LogP contribution is 2.43. The minimum absolute atomic E-state index is 0.125. The van der Waals surface area contributed by atoms with Gasteiger partial charge in [-0.15, -0.1) is 0 Å². The Bertz CT molecular complexity index is 492. The molecular weight excluding hydrogens is 266 g/mol. The molecule has 0 atom stereocenters. The number of Topliss-reactive ketones (excluding diaryl/α,β-unsaturated/α-hetero) is 1. The number of rotatable bonds is 3. The topological polar surface area (TPSA) is 35.5 Å². The van der Waals surface area contributed by atoms with Crippen molar-refractivity contribution in [3.8, 4) is 11.5 Å². The van der Waals surface area contributed by atoms with Gasteiger partial charge in [0.1, 0.15) is 5.78 Å². The third-order valence-corrected chi connectivity index (χ3v) is 3.36. The summed E-state index contributed by atoms with van der Waals surface area (Å²) in [6.07, 6.45) is -0.440. The van der Waals surface area contributed by atoms with E-state index >= 15 is 0 Å². The third-order valence-electron chi connectivity index (χ3n) is 3.36. The number of ether oxygens (including phenoxy) is 2. The summed E-state index contributed by atoms with van der Waals surface area (Å²) in [5, 5.41) is 0. The molecule has 1 fully saturated rings. The van der Waals surface area contributed by atoms with Crippen LogP contribution < -0.4 is 9.47 Å². The SMILES string of the molecule is CC.O=C(Cc1ccc2c(c1)OCO2)C1CC(F)(F)C1. The van der Waals surface area contributed by atoms with E-state index in [4.69, 9.17) is 9.47 Å². The predicted molar refractivity (Wildman–Crippen MR) is 70.3 cm³/mol. The van der Waals surface area contributed by atoms with Crippen LogP contribution in [0.15, 0.2) is 18.2 Å². The lowest BCUT2D eigenvalue weighted by Crippen LogP contribution is -2.40. The molecule has 20 heavy (non-hydrogen) atoms. The number of halogens is 2. The average Bonchev–Trinajstić information content (AvgIpc) is 2.85. The molecule has 0 saturated heterocycles. The van der Waals surface area contributed by atoms with Crippen LogP contribution in [0.1, 0.15) is 32.3 Å². The van der Waals surface area contributed by atoms with Crippen molar-refractivity contribution in [2.24, 2.45) is 5.92 Å². The van der Waals surface area contributed by atoms with Crippen molar-refractivity contribution < 1.29 is 23.0 Å². The first kappa shape index (κ1) is 14.8. The van der Waals surface area contributed by atoms with Crippen molar-refractivity contribution in [3.63, 3.8) is 0 Å². The fourth-order valence-electron chi connectivity index (χ4n) is 2.29. The molecule has 1 aliphatic carbocycles. The normalized spacial score (nSPS) is 18.8. The minimum Gasteiger partial charge on any atom is -0.454 e. The second-order valence-electron chi connectivity index (χ2n) is 4.79. The number of hydrogen-bond donors (Lipinski definition) is 0. The van der Waals surface area contributed by atoms with E-state index < -0.39 is 11.8 Å². The lowest BCUT2D eigenvalue weighted by Gasteiger charge is -2.33. The van der Waals surface area contributed by atoms with Gasteiger partial charge in [0.2, 0.25) is 12.7 Å². The Morgan fingerprint density at radius 3 is 2.55 bits per heavy atom. The van der Waals surface area contributed by atoms with Crippen molar-refractivity contribution in [2.45, 2.75) is 39.0 Å². The van der Waals surface area contributed by atoms with E-state index in [0.717, 1.165) is 5.56 Å². The van der Waals surface area contributed by atoms with E-state index in [-0.39, 0.29) is 31.8 Å². The van der Waals surface area contributed by atoms with Crippen LogP contribution in [-0.2, 0) is 11.2 Å².